The highest BCUT2D eigenvalue weighted by atomic mass is 16.5. The molecule has 7 nitrogen and oxygen atoms in total. The van der Waals surface area contributed by atoms with Gasteiger partial charge in [0.15, 0.2) is 11.5 Å². The predicted molar refractivity (Wildman–Crippen MR) is 94.8 cm³/mol. The van der Waals surface area contributed by atoms with Gasteiger partial charge in [-0.05, 0) is 39.9 Å². The summed E-state index contributed by atoms with van der Waals surface area (Å²) in [5, 5.41) is 2.69. The number of rotatable bonds is 8. The summed E-state index contributed by atoms with van der Waals surface area (Å²) in [5.74, 6) is 1.26. The number of methoxy groups -OCH3 is 2. The number of para-hydroxylation sites is 1. The van der Waals surface area contributed by atoms with Gasteiger partial charge in [0, 0.05) is 18.7 Å². The Morgan fingerprint density at radius 2 is 1.92 bits per heavy atom. The molecule has 25 heavy (non-hydrogen) atoms. The van der Waals surface area contributed by atoms with Gasteiger partial charge >= 0.3 is 6.03 Å². The first-order chi connectivity index (χ1) is 11.8. The van der Waals surface area contributed by atoms with Crippen molar-refractivity contribution in [1.29, 1.82) is 0 Å². The maximum atomic E-state index is 12.2. The Hall–Kier alpha value is -2.28. The average molecular weight is 349 g/mol. The molecule has 0 spiro atoms. The highest BCUT2D eigenvalue weighted by Crippen LogP contribution is 2.31. The van der Waals surface area contributed by atoms with E-state index in [4.69, 9.17) is 9.47 Å². The maximum absolute atomic E-state index is 12.2. The van der Waals surface area contributed by atoms with Gasteiger partial charge in [0.05, 0.1) is 14.2 Å². The number of nitrogens with one attached hydrogen (secondary N) is 1. The topological polar surface area (TPSA) is 71.1 Å². The van der Waals surface area contributed by atoms with Gasteiger partial charge < -0.3 is 19.7 Å². The predicted octanol–water partition coefficient (Wildman–Crippen LogP) is 1.86. The summed E-state index contributed by atoms with van der Waals surface area (Å²) < 4.78 is 10.8. The lowest BCUT2D eigenvalue weighted by atomic mass is 10.1. The monoisotopic (exact) mass is 349 g/mol. The highest BCUT2D eigenvalue weighted by Gasteiger charge is 2.43. The normalized spacial score (nSPS) is 16.3. The minimum Gasteiger partial charge on any atom is -0.493 e. The fourth-order valence-corrected chi connectivity index (χ4v) is 2.97. The SMILES string of the molecule is COc1cccc(CN(C)CCCN2C(=O)NC(C)(C)C2=O)c1OC. The van der Waals surface area contributed by atoms with Crippen LogP contribution in [-0.2, 0) is 11.3 Å². The molecule has 0 radical (unpaired) electrons. The molecule has 2 rings (SSSR count). The zero-order valence-corrected chi connectivity index (χ0v) is 15.6. The standard InChI is InChI=1S/C18H27N3O4/c1-18(2)16(22)21(17(23)19-18)11-7-10-20(3)12-13-8-6-9-14(24-4)15(13)25-5/h6,8-9H,7,10-12H2,1-5H3,(H,19,23). The molecule has 138 valence electrons. The number of ether oxygens (including phenoxy) is 2. The van der Waals surface area contributed by atoms with E-state index in [1.165, 1.54) is 4.90 Å². The van der Waals surface area contributed by atoms with Crippen molar-refractivity contribution in [2.75, 3.05) is 34.4 Å². The third-order valence-electron chi connectivity index (χ3n) is 4.29. The molecule has 1 saturated heterocycles. The molecular formula is C18H27N3O4. The number of hydrogen-bond acceptors (Lipinski definition) is 5. The molecule has 0 saturated carbocycles. The lowest BCUT2D eigenvalue weighted by Gasteiger charge is -2.21. The number of nitrogens with zero attached hydrogens (tertiary/aromatic N) is 2. The molecule has 7 heteroatoms. The van der Waals surface area contributed by atoms with Gasteiger partial charge in [-0.1, -0.05) is 12.1 Å². The third-order valence-corrected chi connectivity index (χ3v) is 4.29. The third kappa shape index (κ3) is 4.22. The van der Waals surface area contributed by atoms with Gasteiger partial charge in [-0.15, -0.1) is 0 Å². The summed E-state index contributed by atoms with van der Waals surface area (Å²) in [5.41, 5.74) is 0.220. The van der Waals surface area contributed by atoms with Crippen molar-refractivity contribution in [3.05, 3.63) is 23.8 Å². The number of urea groups is 1. The molecule has 0 aromatic heterocycles. The molecule has 0 unspecified atom stereocenters. The average Bonchev–Trinajstić information content (AvgIpc) is 2.76. The van der Waals surface area contributed by atoms with Crippen molar-refractivity contribution >= 4 is 11.9 Å². The Bertz CT molecular complexity index is 645. The van der Waals surface area contributed by atoms with Crippen LogP contribution in [0.15, 0.2) is 18.2 Å². The largest absolute Gasteiger partial charge is 0.493 e. The summed E-state index contributed by atoms with van der Waals surface area (Å²) in [4.78, 5) is 27.4. The van der Waals surface area contributed by atoms with Crippen molar-refractivity contribution in [3.8, 4) is 11.5 Å². The summed E-state index contributed by atoms with van der Waals surface area (Å²) in [6.07, 6.45) is 0.706. The Kier molecular flexibility index (Phi) is 5.89. The van der Waals surface area contributed by atoms with Gasteiger partial charge in [-0.25, -0.2) is 4.79 Å². The van der Waals surface area contributed by atoms with Gasteiger partial charge in [0.2, 0.25) is 0 Å². The molecule has 1 aliphatic heterocycles. The lowest BCUT2D eigenvalue weighted by molar-refractivity contribution is -0.130. The quantitative estimate of drug-likeness (QED) is 0.726. The van der Waals surface area contributed by atoms with E-state index in [1.807, 2.05) is 25.2 Å². The van der Waals surface area contributed by atoms with Crippen LogP contribution < -0.4 is 14.8 Å². The van der Waals surface area contributed by atoms with Crippen LogP contribution in [0, 0.1) is 0 Å². The van der Waals surface area contributed by atoms with Gasteiger partial charge in [-0.2, -0.15) is 0 Å². The molecule has 1 aromatic rings. The molecule has 0 atom stereocenters. The molecule has 1 heterocycles. The molecule has 1 aliphatic rings. The second kappa shape index (κ2) is 7.74. The maximum Gasteiger partial charge on any atom is 0.325 e. The lowest BCUT2D eigenvalue weighted by Crippen LogP contribution is -2.40. The number of carbonyl (C=O) groups excluding carboxylic acids is 2. The van der Waals surface area contributed by atoms with E-state index in [1.54, 1.807) is 28.1 Å². The minimum atomic E-state index is -0.809. The van der Waals surface area contributed by atoms with Crippen LogP contribution >= 0.6 is 0 Å². The summed E-state index contributed by atoms with van der Waals surface area (Å²) in [6.45, 7) is 5.28. The zero-order chi connectivity index (χ0) is 18.6. The van der Waals surface area contributed by atoms with Crippen molar-refractivity contribution < 1.29 is 19.1 Å². The fourth-order valence-electron chi connectivity index (χ4n) is 2.97. The molecule has 1 fully saturated rings. The van der Waals surface area contributed by atoms with Crippen LogP contribution in [0.5, 0.6) is 11.5 Å². The van der Waals surface area contributed by atoms with Gasteiger partial charge in [-0.3, -0.25) is 9.69 Å². The Morgan fingerprint density at radius 3 is 2.48 bits per heavy atom. The number of imide groups is 1. The Balaban J connectivity index is 1.89. The van der Waals surface area contributed by atoms with Crippen molar-refractivity contribution in [3.63, 3.8) is 0 Å². The first-order valence-corrected chi connectivity index (χ1v) is 8.32. The Morgan fingerprint density at radius 1 is 1.20 bits per heavy atom. The molecule has 1 N–H and O–H groups in total. The number of amides is 3. The van der Waals surface area contributed by atoms with Crippen LogP contribution in [0.3, 0.4) is 0 Å². The summed E-state index contributed by atoms with van der Waals surface area (Å²) in [7, 11) is 5.24. The van der Waals surface area contributed by atoms with E-state index in [0.29, 0.717) is 25.3 Å². The van der Waals surface area contributed by atoms with Crippen LogP contribution in [0.1, 0.15) is 25.8 Å². The molecular weight excluding hydrogens is 322 g/mol. The first kappa shape index (κ1) is 19.1. The van der Waals surface area contributed by atoms with Gasteiger partial charge in [0.25, 0.3) is 5.91 Å². The van der Waals surface area contributed by atoms with E-state index in [0.717, 1.165) is 17.9 Å². The second-order valence-corrected chi connectivity index (χ2v) is 6.76. The van der Waals surface area contributed by atoms with Crippen molar-refractivity contribution in [2.45, 2.75) is 32.4 Å². The van der Waals surface area contributed by atoms with Crippen LogP contribution in [0.2, 0.25) is 0 Å². The van der Waals surface area contributed by atoms with Crippen LogP contribution in [0.4, 0.5) is 4.79 Å². The van der Waals surface area contributed by atoms with E-state index in [2.05, 4.69) is 10.2 Å². The summed E-state index contributed by atoms with van der Waals surface area (Å²) in [6, 6.07) is 5.48. The molecule has 0 bridgehead atoms. The minimum absolute atomic E-state index is 0.172. The number of carbonyl (C=O) groups is 2. The van der Waals surface area contributed by atoms with E-state index in [9.17, 15) is 9.59 Å². The molecule has 1 aromatic carbocycles. The molecule has 0 aliphatic carbocycles. The smallest absolute Gasteiger partial charge is 0.325 e. The first-order valence-electron chi connectivity index (χ1n) is 8.32. The molecule has 3 amide bonds. The van der Waals surface area contributed by atoms with E-state index < -0.39 is 5.54 Å². The zero-order valence-electron chi connectivity index (χ0n) is 15.6. The summed E-state index contributed by atoms with van der Waals surface area (Å²) >= 11 is 0. The Labute approximate surface area is 148 Å². The number of hydrogen-bond donors (Lipinski definition) is 1. The van der Waals surface area contributed by atoms with Crippen molar-refractivity contribution in [2.24, 2.45) is 0 Å². The fraction of sp³-hybridized carbons (Fsp3) is 0.556. The van der Waals surface area contributed by atoms with Crippen LogP contribution in [-0.4, -0.2) is 61.6 Å². The van der Waals surface area contributed by atoms with Gasteiger partial charge in [0.1, 0.15) is 5.54 Å². The van der Waals surface area contributed by atoms with Crippen LogP contribution in [0.25, 0.3) is 0 Å². The van der Waals surface area contributed by atoms with E-state index in [-0.39, 0.29) is 11.9 Å². The van der Waals surface area contributed by atoms with E-state index >= 15 is 0 Å². The van der Waals surface area contributed by atoms with Crippen molar-refractivity contribution in [1.82, 2.24) is 15.1 Å². The second-order valence-electron chi connectivity index (χ2n) is 6.76. The number of benzene rings is 1. The highest BCUT2D eigenvalue weighted by molar-refractivity contribution is 6.06.